The predicted octanol–water partition coefficient (Wildman–Crippen LogP) is 4.80. The van der Waals surface area contributed by atoms with Gasteiger partial charge in [-0.2, -0.15) is 0 Å². The highest BCUT2D eigenvalue weighted by Gasteiger charge is 2.44. The first-order valence-electron chi connectivity index (χ1n) is 7.62. The summed E-state index contributed by atoms with van der Waals surface area (Å²) in [6.45, 7) is 1.39. The number of hydrogen-bond donors (Lipinski definition) is 2. The number of carboxylic acid groups (broad SMARTS) is 1. The van der Waals surface area contributed by atoms with Crippen LogP contribution in [0, 0.1) is 0 Å². The molecule has 0 aliphatic heterocycles. The highest BCUT2D eigenvalue weighted by Crippen LogP contribution is 2.47. The lowest BCUT2D eigenvalue weighted by Crippen LogP contribution is -2.30. The Morgan fingerprint density at radius 2 is 1.88 bits per heavy atom. The first-order chi connectivity index (χ1) is 12.3. The van der Waals surface area contributed by atoms with E-state index in [0.717, 1.165) is 11.1 Å². The molecular formula is C18H14Cl3NO4. The fraction of sp³-hybridized carbons (Fsp3) is 0.222. The Morgan fingerprint density at radius 1 is 1.23 bits per heavy atom. The molecule has 8 heteroatoms. The summed E-state index contributed by atoms with van der Waals surface area (Å²) >= 11 is 18.6. The van der Waals surface area contributed by atoms with Crippen molar-refractivity contribution in [2.24, 2.45) is 5.16 Å². The van der Waals surface area contributed by atoms with Crippen molar-refractivity contribution in [2.45, 2.75) is 18.8 Å². The Morgan fingerprint density at radius 3 is 2.46 bits per heavy atom. The minimum atomic E-state index is -1.12. The maximum absolute atomic E-state index is 10.8. The van der Waals surface area contributed by atoms with Gasteiger partial charge < -0.3 is 15.1 Å². The van der Waals surface area contributed by atoms with Gasteiger partial charge in [0.05, 0.1) is 10.7 Å². The van der Waals surface area contributed by atoms with Gasteiger partial charge in [-0.1, -0.05) is 52.1 Å². The highest BCUT2D eigenvalue weighted by atomic mass is 35.5. The minimum absolute atomic E-state index is 0.0770. The lowest BCUT2D eigenvalue weighted by Gasteiger charge is -2.25. The predicted molar refractivity (Wildman–Crippen MR) is 100 cm³/mol. The summed E-state index contributed by atoms with van der Waals surface area (Å²) in [5, 5.41) is 22.8. The van der Waals surface area contributed by atoms with E-state index >= 15 is 0 Å². The Balaban J connectivity index is 2.10. The second kappa shape index (κ2) is 6.99. The fourth-order valence-electron chi connectivity index (χ4n) is 3.25. The van der Waals surface area contributed by atoms with Crippen molar-refractivity contribution >= 4 is 46.5 Å². The van der Waals surface area contributed by atoms with E-state index in [1.54, 1.807) is 18.2 Å². The van der Waals surface area contributed by atoms with Gasteiger partial charge in [0.2, 0.25) is 0 Å². The summed E-state index contributed by atoms with van der Waals surface area (Å²) in [5.74, 6) is -0.947. The number of ether oxygens (including phenoxy) is 1. The van der Waals surface area contributed by atoms with Crippen molar-refractivity contribution in [1.82, 2.24) is 0 Å². The zero-order valence-corrected chi connectivity index (χ0v) is 15.9. The molecule has 0 spiro atoms. The number of aliphatic carboxylic acids is 1. The normalized spacial score (nSPS) is 20.2. The Hall–Kier alpha value is -1.95. The van der Waals surface area contributed by atoms with Crippen LogP contribution >= 0.6 is 34.8 Å². The van der Waals surface area contributed by atoms with Crippen molar-refractivity contribution in [3.63, 3.8) is 0 Å². The number of halogens is 3. The summed E-state index contributed by atoms with van der Waals surface area (Å²) in [6.07, 6.45) is 0.476. The Bertz CT molecular complexity index is 912. The molecule has 0 radical (unpaired) electrons. The van der Waals surface area contributed by atoms with E-state index in [1.165, 1.54) is 0 Å². The molecule has 0 amide bonds. The van der Waals surface area contributed by atoms with Gasteiger partial charge in [0, 0.05) is 16.0 Å². The zero-order chi connectivity index (χ0) is 19.1. The average molecular weight is 415 g/mol. The topological polar surface area (TPSA) is 79.1 Å². The van der Waals surface area contributed by atoms with Gasteiger partial charge >= 0.3 is 5.97 Å². The molecule has 0 bridgehead atoms. The number of oxime groups is 1. The van der Waals surface area contributed by atoms with Crippen LogP contribution in [0.2, 0.25) is 15.1 Å². The number of carbonyl (C=O) groups is 1. The molecule has 0 saturated heterocycles. The molecule has 0 saturated carbocycles. The van der Waals surface area contributed by atoms with Gasteiger partial charge in [-0.3, -0.25) is 0 Å². The zero-order valence-electron chi connectivity index (χ0n) is 13.6. The largest absolute Gasteiger partial charge is 0.480 e. The molecule has 3 rings (SSSR count). The molecule has 2 aromatic rings. The second-order valence-electron chi connectivity index (χ2n) is 6.18. The van der Waals surface area contributed by atoms with E-state index in [4.69, 9.17) is 44.6 Å². The first kappa shape index (κ1) is 18.8. The Labute approximate surface area is 164 Å². The summed E-state index contributed by atoms with van der Waals surface area (Å²) in [6, 6.07) is 8.87. The SMILES string of the molecule is CC1(c2ccc(Cl)cc2)Cc2cc(OCC(=O)O)c(Cl)c(Cl)c2C1=NO. The van der Waals surface area contributed by atoms with Crippen LogP contribution in [0.15, 0.2) is 35.5 Å². The van der Waals surface area contributed by atoms with Crippen molar-refractivity contribution < 1.29 is 19.8 Å². The van der Waals surface area contributed by atoms with Gasteiger partial charge in [0.1, 0.15) is 10.8 Å². The molecule has 0 aromatic heterocycles. The molecule has 2 N–H and O–H groups in total. The third-order valence-electron chi connectivity index (χ3n) is 4.49. The maximum atomic E-state index is 10.8. The van der Waals surface area contributed by atoms with E-state index in [1.807, 2.05) is 19.1 Å². The van der Waals surface area contributed by atoms with Crippen LogP contribution in [0.5, 0.6) is 5.75 Å². The van der Waals surface area contributed by atoms with Gasteiger partial charge in [-0.25, -0.2) is 4.79 Å². The van der Waals surface area contributed by atoms with Crippen LogP contribution in [-0.4, -0.2) is 28.6 Å². The maximum Gasteiger partial charge on any atom is 0.341 e. The van der Waals surface area contributed by atoms with Crippen LogP contribution in [-0.2, 0) is 16.6 Å². The number of fused-ring (bicyclic) bond motifs is 1. The number of rotatable bonds is 4. The lowest BCUT2D eigenvalue weighted by molar-refractivity contribution is -0.139. The van der Waals surface area contributed by atoms with Crippen molar-refractivity contribution in [3.8, 4) is 5.75 Å². The third-order valence-corrected chi connectivity index (χ3v) is 5.59. The number of carboxylic acids is 1. The van der Waals surface area contributed by atoms with E-state index in [2.05, 4.69) is 5.16 Å². The van der Waals surface area contributed by atoms with Crippen LogP contribution in [0.25, 0.3) is 0 Å². The van der Waals surface area contributed by atoms with Gasteiger partial charge in [-0.15, -0.1) is 0 Å². The van der Waals surface area contributed by atoms with Crippen molar-refractivity contribution in [2.75, 3.05) is 6.61 Å². The quantitative estimate of drug-likeness (QED) is 0.556. The summed E-state index contributed by atoms with van der Waals surface area (Å²) in [5.41, 5.74) is 1.90. The van der Waals surface area contributed by atoms with Gasteiger partial charge in [0.25, 0.3) is 0 Å². The van der Waals surface area contributed by atoms with Crippen LogP contribution < -0.4 is 4.74 Å². The van der Waals surface area contributed by atoms with Crippen LogP contribution in [0.1, 0.15) is 23.6 Å². The molecular weight excluding hydrogens is 401 g/mol. The summed E-state index contributed by atoms with van der Waals surface area (Å²) < 4.78 is 5.23. The molecule has 1 atom stereocenters. The minimum Gasteiger partial charge on any atom is -0.480 e. The smallest absolute Gasteiger partial charge is 0.341 e. The Kier molecular flexibility index (Phi) is 5.06. The molecule has 1 aliphatic rings. The van der Waals surface area contributed by atoms with Gasteiger partial charge in [-0.05, 0) is 42.7 Å². The first-order valence-corrected chi connectivity index (χ1v) is 8.75. The number of nitrogens with zero attached hydrogens (tertiary/aromatic N) is 1. The molecule has 0 heterocycles. The average Bonchev–Trinajstić information content (AvgIpc) is 2.89. The highest BCUT2D eigenvalue weighted by molar-refractivity contribution is 6.45. The summed E-state index contributed by atoms with van der Waals surface area (Å²) in [4.78, 5) is 10.8. The molecule has 5 nitrogen and oxygen atoms in total. The molecule has 1 unspecified atom stereocenters. The summed E-state index contributed by atoms with van der Waals surface area (Å²) in [7, 11) is 0. The molecule has 0 fully saturated rings. The lowest BCUT2D eigenvalue weighted by atomic mass is 9.78. The monoisotopic (exact) mass is 413 g/mol. The van der Waals surface area contributed by atoms with E-state index in [0.29, 0.717) is 22.7 Å². The van der Waals surface area contributed by atoms with Gasteiger partial charge in [0.15, 0.2) is 6.61 Å². The van der Waals surface area contributed by atoms with E-state index < -0.39 is 18.0 Å². The fourth-order valence-corrected chi connectivity index (χ4v) is 3.88. The third kappa shape index (κ3) is 3.11. The van der Waals surface area contributed by atoms with Crippen LogP contribution in [0.4, 0.5) is 0 Å². The van der Waals surface area contributed by atoms with E-state index in [9.17, 15) is 10.0 Å². The molecule has 136 valence electrons. The molecule has 1 aliphatic carbocycles. The number of benzene rings is 2. The molecule has 2 aromatic carbocycles. The van der Waals surface area contributed by atoms with E-state index in [-0.39, 0.29) is 15.8 Å². The van der Waals surface area contributed by atoms with Crippen LogP contribution in [0.3, 0.4) is 0 Å². The number of hydrogen-bond acceptors (Lipinski definition) is 4. The van der Waals surface area contributed by atoms with Crippen molar-refractivity contribution in [1.29, 1.82) is 0 Å². The van der Waals surface area contributed by atoms with Crippen molar-refractivity contribution in [3.05, 3.63) is 62.1 Å². The molecule has 26 heavy (non-hydrogen) atoms. The standard InChI is InChI=1S/C18H14Cl3NO4/c1-18(10-2-4-11(19)5-3-10)7-9-6-12(26-8-13(23)24)15(20)16(21)14(9)17(18)22-25/h2-6,25H,7-8H2,1H3,(H,23,24). The second-order valence-corrected chi connectivity index (χ2v) is 7.38.